The van der Waals surface area contributed by atoms with Gasteiger partial charge in [0, 0.05) is 36.7 Å². The van der Waals surface area contributed by atoms with Crippen LogP contribution in [0.25, 0.3) is 0 Å². The molecule has 2 aromatic rings. The van der Waals surface area contributed by atoms with E-state index in [1.54, 1.807) is 6.07 Å². The first-order valence-electron chi connectivity index (χ1n) is 8.39. The third kappa shape index (κ3) is 3.77. The average Bonchev–Trinajstić information content (AvgIpc) is 2.53. The number of aliphatic hydroxyl groups is 1. The summed E-state index contributed by atoms with van der Waals surface area (Å²) < 4.78 is 19.5. The maximum atomic E-state index is 13.6. The Balaban J connectivity index is 1.90. The summed E-state index contributed by atoms with van der Waals surface area (Å²) in [6, 6.07) is 14.9. The highest BCUT2D eigenvalue weighted by atomic mass is 19.1. The molecule has 2 N–H and O–H groups in total. The summed E-state index contributed by atoms with van der Waals surface area (Å²) in [5.41, 5.74) is 1.73. The summed E-state index contributed by atoms with van der Waals surface area (Å²) in [5, 5.41) is 13.1. The summed E-state index contributed by atoms with van der Waals surface area (Å²) in [6.45, 7) is 4.13. The molecule has 3 rings (SSSR count). The minimum atomic E-state index is -0.376. The molecule has 1 heterocycles. The largest absolute Gasteiger partial charge is 0.487 e. The Hall–Kier alpha value is -1.91. The van der Waals surface area contributed by atoms with Gasteiger partial charge in [-0.05, 0) is 31.9 Å². The normalized spacial score (nSPS) is 20.1. The quantitative estimate of drug-likeness (QED) is 0.866. The molecule has 1 aliphatic heterocycles. The van der Waals surface area contributed by atoms with Crippen LogP contribution in [-0.2, 0) is 0 Å². The maximum absolute atomic E-state index is 13.6. The Morgan fingerprint density at radius 1 is 1.25 bits per heavy atom. The minimum absolute atomic E-state index is 0.0352. The summed E-state index contributed by atoms with van der Waals surface area (Å²) in [5.74, 6) is 0.305. The third-order valence-electron chi connectivity index (χ3n) is 4.46. The Morgan fingerprint density at radius 2 is 2.00 bits per heavy atom. The summed E-state index contributed by atoms with van der Waals surface area (Å²) in [7, 11) is 0. The van der Waals surface area contributed by atoms with Crippen LogP contribution in [0.1, 0.15) is 49.9 Å². The van der Waals surface area contributed by atoms with E-state index in [-0.39, 0.29) is 30.1 Å². The Morgan fingerprint density at radius 3 is 2.71 bits per heavy atom. The Labute approximate surface area is 142 Å². The van der Waals surface area contributed by atoms with Gasteiger partial charge in [0.05, 0.1) is 0 Å². The lowest BCUT2D eigenvalue weighted by molar-refractivity contribution is 0.0623. The van der Waals surface area contributed by atoms with E-state index in [2.05, 4.69) is 17.4 Å². The summed E-state index contributed by atoms with van der Waals surface area (Å²) in [6.07, 6.45) is 1.40. The molecule has 2 atom stereocenters. The number of nitrogens with one attached hydrogen (secondary N) is 1. The zero-order chi connectivity index (χ0) is 17.2. The molecular formula is C20H24FNO2. The molecule has 1 aliphatic rings. The second-order valence-electron chi connectivity index (χ2n) is 6.94. The van der Waals surface area contributed by atoms with Crippen molar-refractivity contribution < 1.29 is 14.2 Å². The van der Waals surface area contributed by atoms with Gasteiger partial charge in [0.25, 0.3) is 0 Å². The summed E-state index contributed by atoms with van der Waals surface area (Å²) >= 11 is 0. The van der Waals surface area contributed by atoms with Crippen LogP contribution >= 0.6 is 0 Å². The molecular weight excluding hydrogens is 305 g/mol. The number of benzene rings is 2. The van der Waals surface area contributed by atoms with Crippen molar-refractivity contribution in [2.24, 2.45) is 0 Å². The number of rotatable bonds is 5. The van der Waals surface area contributed by atoms with Gasteiger partial charge in [-0.1, -0.05) is 36.4 Å². The second kappa shape index (κ2) is 6.91. The van der Waals surface area contributed by atoms with Crippen molar-refractivity contribution in [3.63, 3.8) is 0 Å². The van der Waals surface area contributed by atoms with Crippen molar-refractivity contribution in [2.75, 3.05) is 6.61 Å². The zero-order valence-corrected chi connectivity index (χ0v) is 14.1. The molecule has 0 saturated carbocycles. The number of hydrogen-bond acceptors (Lipinski definition) is 3. The van der Waals surface area contributed by atoms with Gasteiger partial charge in [0.15, 0.2) is 0 Å². The van der Waals surface area contributed by atoms with Crippen molar-refractivity contribution >= 4 is 0 Å². The average molecular weight is 329 g/mol. The minimum Gasteiger partial charge on any atom is -0.487 e. The molecule has 0 fully saturated rings. The highest BCUT2D eigenvalue weighted by Gasteiger charge is 2.35. The van der Waals surface area contributed by atoms with Gasteiger partial charge in [-0.15, -0.1) is 0 Å². The van der Waals surface area contributed by atoms with Crippen LogP contribution in [0.4, 0.5) is 4.39 Å². The maximum Gasteiger partial charge on any atom is 0.127 e. The van der Waals surface area contributed by atoms with Crippen molar-refractivity contribution in [1.29, 1.82) is 0 Å². The molecule has 0 spiro atoms. The van der Waals surface area contributed by atoms with Crippen LogP contribution in [0.2, 0.25) is 0 Å². The topological polar surface area (TPSA) is 41.5 Å². The van der Waals surface area contributed by atoms with E-state index in [1.807, 2.05) is 32.0 Å². The number of hydrogen-bond donors (Lipinski definition) is 2. The lowest BCUT2D eigenvalue weighted by Crippen LogP contribution is -2.40. The molecule has 0 aliphatic carbocycles. The van der Waals surface area contributed by atoms with Crippen LogP contribution in [-0.4, -0.2) is 17.3 Å². The first-order valence-corrected chi connectivity index (χ1v) is 8.39. The standard InChI is InChI=1S/C20H24FNO2/c1-20(2)13-18(16-9-8-15(21)12-19(16)24-20)22-17(10-11-23)14-6-4-3-5-7-14/h3-9,12,17-18,22-23H,10-11,13H2,1-2H3/t17-,18?/m1/s1. The van der Waals surface area contributed by atoms with Crippen LogP contribution in [0, 0.1) is 5.82 Å². The molecule has 24 heavy (non-hydrogen) atoms. The molecule has 0 aromatic heterocycles. The van der Waals surface area contributed by atoms with Gasteiger partial charge in [-0.3, -0.25) is 0 Å². The second-order valence-corrected chi connectivity index (χ2v) is 6.94. The van der Waals surface area contributed by atoms with Crippen molar-refractivity contribution in [1.82, 2.24) is 5.32 Å². The molecule has 0 radical (unpaired) electrons. The van der Waals surface area contributed by atoms with Crippen molar-refractivity contribution in [3.8, 4) is 5.75 Å². The fraction of sp³-hybridized carbons (Fsp3) is 0.400. The molecule has 2 aromatic carbocycles. The fourth-order valence-corrected chi connectivity index (χ4v) is 3.38. The van der Waals surface area contributed by atoms with E-state index in [4.69, 9.17) is 4.74 Å². The van der Waals surface area contributed by atoms with E-state index < -0.39 is 0 Å². The molecule has 0 bridgehead atoms. The van der Waals surface area contributed by atoms with Crippen LogP contribution in [0.5, 0.6) is 5.75 Å². The van der Waals surface area contributed by atoms with Crippen LogP contribution < -0.4 is 10.1 Å². The van der Waals surface area contributed by atoms with E-state index in [9.17, 15) is 9.50 Å². The smallest absolute Gasteiger partial charge is 0.127 e. The van der Waals surface area contributed by atoms with Gasteiger partial charge in [-0.25, -0.2) is 4.39 Å². The van der Waals surface area contributed by atoms with Gasteiger partial charge in [0.2, 0.25) is 0 Å². The number of halogens is 1. The molecule has 4 heteroatoms. The first kappa shape index (κ1) is 16.9. The highest BCUT2D eigenvalue weighted by Crippen LogP contribution is 2.41. The predicted molar refractivity (Wildman–Crippen MR) is 92.5 cm³/mol. The molecule has 0 amide bonds. The third-order valence-corrected chi connectivity index (χ3v) is 4.46. The van der Waals surface area contributed by atoms with Crippen molar-refractivity contribution in [3.05, 3.63) is 65.5 Å². The predicted octanol–water partition coefficient (Wildman–Crippen LogP) is 4.14. The van der Waals surface area contributed by atoms with E-state index in [0.717, 1.165) is 17.5 Å². The number of fused-ring (bicyclic) bond motifs is 1. The van der Waals surface area contributed by atoms with E-state index >= 15 is 0 Å². The molecule has 128 valence electrons. The van der Waals surface area contributed by atoms with E-state index in [1.165, 1.54) is 12.1 Å². The zero-order valence-electron chi connectivity index (χ0n) is 14.1. The lowest BCUT2D eigenvalue weighted by atomic mass is 9.88. The summed E-state index contributed by atoms with van der Waals surface area (Å²) in [4.78, 5) is 0. The van der Waals surface area contributed by atoms with Gasteiger partial charge in [-0.2, -0.15) is 0 Å². The van der Waals surface area contributed by atoms with Gasteiger partial charge >= 0.3 is 0 Å². The van der Waals surface area contributed by atoms with E-state index in [0.29, 0.717) is 12.2 Å². The van der Waals surface area contributed by atoms with Crippen LogP contribution in [0.15, 0.2) is 48.5 Å². The SMILES string of the molecule is CC1(C)CC(N[C@H](CCO)c2ccccc2)c2ccc(F)cc2O1. The van der Waals surface area contributed by atoms with Gasteiger partial charge in [0.1, 0.15) is 17.2 Å². The lowest BCUT2D eigenvalue weighted by Gasteiger charge is -2.39. The highest BCUT2D eigenvalue weighted by molar-refractivity contribution is 5.39. The first-order chi connectivity index (χ1) is 11.5. The van der Waals surface area contributed by atoms with Crippen LogP contribution in [0.3, 0.4) is 0 Å². The molecule has 0 saturated heterocycles. The molecule has 1 unspecified atom stereocenters. The Bertz CT molecular complexity index is 687. The number of ether oxygens (including phenoxy) is 1. The Kier molecular flexibility index (Phi) is 4.88. The number of aliphatic hydroxyl groups excluding tert-OH is 1. The van der Waals surface area contributed by atoms with Gasteiger partial charge < -0.3 is 15.2 Å². The fourth-order valence-electron chi connectivity index (χ4n) is 3.38. The molecule has 3 nitrogen and oxygen atoms in total. The van der Waals surface area contributed by atoms with Crippen molar-refractivity contribution in [2.45, 2.75) is 44.4 Å². The monoisotopic (exact) mass is 329 g/mol.